The van der Waals surface area contributed by atoms with Crippen LogP contribution in [0, 0.1) is 0 Å². The quantitative estimate of drug-likeness (QED) is 0.411. The first kappa shape index (κ1) is 11.6. The molecule has 0 amide bonds. The van der Waals surface area contributed by atoms with E-state index in [1.165, 1.54) is 0 Å². The van der Waals surface area contributed by atoms with Crippen LogP contribution in [-0.2, 0) is 0 Å². The maximum atomic E-state index is 3.24. The minimum atomic E-state index is -0.0960. The highest BCUT2D eigenvalue weighted by Crippen LogP contribution is 2.05. The Bertz CT molecular complexity index is 139. The van der Waals surface area contributed by atoms with Gasteiger partial charge in [-0.2, -0.15) is 0 Å². The van der Waals surface area contributed by atoms with Gasteiger partial charge < -0.3 is 16.0 Å². The van der Waals surface area contributed by atoms with Gasteiger partial charge in [0.05, 0.1) is 11.7 Å². The highest BCUT2D eigenvalue weighted by molar-refractivity contribution is 5.03. The van der Waals surface area contributed by atoms with E-state index in [0.29, 0.717) is 0 Å². The lowest BCUT2D eigenvalue weighted by atomic mass is 10.0. The molecule has 3 heteroatoms. The van der Waals surface area contributed by atoms with E-state index < -0.39 is 0 Å². The first-order valence-electron chi connectivity index (χ1n) is 4.32. The van der Waals surface area contributed by atoms with Crippen LogP contribution >= 0.6 is 0 Å². The van der Waals surface area contributed by atoms with Crippen LogP contribution in [-0.4, -0.2) is 32.8 Å². The molecule has 0 aromatic rings. The Hall–Kier alpha value is -0.380. The zero-order valence-corrected chi connectivity index (χ0v) is 8.73. The molecule has 0 spiro atoms. The van der Waals surface area contributed by atoms with E-state index in [2.05, 4.69) is 29.0 Å². The van der Waals surface area contributed by atoms with Crippen LogP contribution in [0.1, 0.15) is 13.8 Å². The van der Waals surface area contributed by atoms with Crippen molar-refractivity contribution in [1.29, 1.82) is 0 Å². The Morgan fingerprint density at radius 2 is 1.67 bits per heavy atom. The summed E-state index contributed by atoms with van der Waals surface area (Å²) in [6.07, 6.45) is 4.18. The third kappa shape index (κ3) is 2.59. The van der Waals surface area contributed by atoms with E-state index in [-0.39, 0.29) is 11.7 Å². The van der Waals surface area contributed by atoms with Gasteiger partial charge in [0.1, 0.15) is 0 Å². The second-order valence-corrected chi connectivity index (χ2v) is 2.99. The Kier molecular flexibility index (Phi) is 5.13. The van der Waals surface area contributed by atoms with Gasteiger partial charge in [-0.1, -0.05) is 12.2 Å². The summed E-state index contributed by atoms with van der Waals surface area (Å²) in [7, 11) is 5.85. The van der Waals surface area contributed by atoms with Gasteiger partial charge in [-0.05, 0) is 35.0 Å². The maximum Gasteiger partial charge on any atom is 0.0847 e. The van der Waals surface area contributed by atoms with Crippen LogP contribution in [0.5, 0.6) is 0 Å². The van der Waals surface area contributed by atoms with Gasteiger partial charge in [0.2, 0.25) is 0 Å². The van der Waals surface area contributed by atoms with Gasteiger partial charge in [0, 0.05) is 0 Å². The SMILES string of the molecule is C/C=C\C(NC)C(C)(NC)NC. The Labute approximate surface area is 75.6 Å². The van der Waals surface area contributed by atoms with Crippen molar-refractivity contribution in [3.8, 4) is 0 Å². The molecule has 0 saturated heterocycles. The lowest BCUT2D eigenvalue weighted by Gasteiger charge is -2.35. The van der Waals surface area contributed by atoms with Gasteiger partial charge in [-0.25, -0.2) is 0 Å². The van der Waals surface area contributed by atoms with Crippen molar-refractivity contribution < 1.29 is 0 Å². The third-order valence-corrected chi connectivity index (χ3v) is 2.36. The van der Waals surface area contributed by atoms with Gasteiger partial charge in [-0.3, -0.25) is 0 Å². The molecule has 0 fully saturated rings. The molecule has 0 saturated carbocycles. The van der Waals surface area contributed by atoms with E-state index in [0.717, 1.165) is 0 Å². The van der Waals surface area contributed by atoms with Crippen LogP contribution in [0.2, 0.25) is 0 Å². The smallest absolute Gasteiger partial charge is 0.0847 e. The summed E-state index contributed by atoms with van der Waals surface area (Å²) < 4.78 is 0. The highest BCUT2D eigenvalue weighted by Gasteiger charge is 2.27. The van der Waals surface area contributed by atoms with Gasteiger partial charge in [-0.15, -0.1) is 0 Å². The minimum absolute atomic E-state index is 0.0960. The second kappa shape index (κ2) is 5.30. The average molecular weight is 171 g/mol. The fourth-order valence-electron chi connectivity index (χ4n) is 1.21. The second-order valence-electron chi connectivity index (χ2n) is 2.99. The number of likely N-dealkylation sites (N-methyl/N-ethyl adjacent to an activating group) is 3. The normalized spacial score (nSPS) is 15.4. The van der Waals surface area contributed by atoms with Crippen LogP contribution in [0.3, 0.4) is 0 Å². The lowest BCUT2D eigenvalue weighted by molar-refractivity contribution is 0.271. The van der Waals surface area contributed by atoms with Crippen LogP contribution in [0.15, 0.2) is 12.2 Å². The van der Waals surface area contributed by atoms with Crippen LogP contribution in [0.4, 0.5) is 0 Å². The number of hydrogen-bond acceptors (Lipinski definition) is 3. The van der Waals surface area contributed by atoms with Gasteiger partial charge >= 0.3 is 0 Å². The summed E-state index contributed by atoms with van der Waals surface area (Å²) in [5.74, 6) is 0. The predicted molar refractivity (Wildman–Crippen MR) is 54.2 cm³/mol. The average Bonchev–Trinajstić information content (AvgIpc) is 2.13. The van der Waals surface area contributed by atoms with Crippen LogP contribution < -0.4 is 16.0 Å². The molecule has 0 aliphatic heterocycles. The summed E-state index contributed by atoms with van der Waals surface area (Å²) >= 11 is 0. The van der Waals surface area contributed by atoms with Gasteiger partial charge in [0.15, 0.2) is 0 Å². The zero-order chi connectivity index (χ0) is 9.61. The molecule has 0 heterocycles. The lowest BCUT2D eigenvalue weighted by Crippen LogP contribution is -2.63. The van der Waals surface area contributed by atoms with E-state index in [9.17, 15) is 0 Å². The van der Waals surface area contributed by atoms with E-state index >= 15 is 0 Å². The standard InChI is InChI=1S/C9H21N3/c1-6-7-8(10-3)9(2,11-4)12-5/h6-8,10-12H,1-5H3/b7-6-. The summed E-state index contributed by atoms with van der Waals surface area (Å²) in [6, 6.07) is 0.289. The molecule has 12 heavy (non-hydrogen) atoms. The molecule has 72 valence electrons. The number of hydrogen-bond donors (Lipinski definition) is 3. The summed E-state index contributed by atoms with van der Waals surface area (Å²) in [5.41, 5.74) is -0.0960. The summed E-state index contributed by atoms with van der Waals surface area (Å²) in [6.45, 7) is 4.14. The van der Waals surface area contributed by atoms with Crippen molar-refractivity contribution in [2.24, 2.45) is 0 Å². The first-order chi connectivity index (χ1) is 5.64. The Morgan fingerprint density at radius 3 is 1.92 bits per heavy atom. The first-order valence-corrected chi connectivity index (χ1v) is 4.32. The molecule has 0 aromatic carbocycles. The Balaban J connectivity index is 4.42. The largest absolute Gasteiger partial charge is 0.311 e. The van der Waals surface area contributed by atoms with E-state index in [4.69, 9.17) is 0 Å². The topological polar surface area (TPSA) is 36.1 Å². The maximum absolute atomic E-state index is 3.24. The molecule has 1 unspecified atom stereocenters. The Morgan fingerprint density at radius 1 is 1.17 bits per heavy atom. The van der Waals surface area contributed by atoms with Crippen molar-refractivity contribution in [3.05, 3.63) is 12.2 Å². The van der Waals surface area contributed by atoms with Crippen molar-refractivity contribution >= 4 is 0 Å². The highest BCUT2D eigenvalue weighted by atomic mass is 15.2. The third-order valence-electron chi connectivity index (χ3n) is 2.36. The summed E-state index contributed by atoms with van der Waals surface area (Å²) in [5, 5.41) is 9.71. The van der Waals surface area contributed by atoms with Crippen molar-refractivity contribution in [3.63, 3.8) is 0 Å². The number of nitrogens with one attached hydrogen (secondary N) is 3. The molecule has 0 radical (unpaired) electrons. The molecule has 1 atom stereocenters. The van der Waals surface area contributed by atoms with Crippen molar-refractivity contribution in [2.75, 3.05) is 21.1 Å². The van der Waals surface area contributed by atoms with Crippen molar-refractivity contribution in [1.82, 2.24) is 16.0 Å². The molecule has 0 aliphatic rings. The van der Waals surface area contributed by atoms with Crippen molar-refractivity contribution in [2.45, 2.75) is 25.6 Å². The number of allylic oxidation sites excluding steroid dienone is 1. The monoisotopic (exact) mass is 171 g/mol. The molecule has 0 aromatic heterocycles. The molecule has 0 rings (SSSR count). The van der Waals surface area contributed by atoms with E-state index in [1.807, 2.05) is 34.1 Å². The molecule has 3 N–H and O–H groups in total. The molecular weight excluding hydrogens is 150 g/mol. The predicted octanol–water partition coefficient (Wildman–Crippen LogP) is 0.306. The fraction of sp³-hybridized carbons (Fsp3) is 0.778. The van der Waals surface area contributed by atoms with Crippen LogP contribution in [0.25, 0.3) is 0 Å². The molecule has 0 aliphatic carbocycles. The molecule has 0 bridgehead atoms. The fourth-order valence-corrected chi connectivity index (χ4v) is 1.21. The summed E-state index contributed by atoms with van der Waals surface area (Å²) in [4.78, 5) is 0. The number of rotatable bonds is 5. The minimum Gasteiger partial charge on any atom is -0.311 e. The van der Waals surface area contributed by atoms with E-state index in [1.54, 1.807) is 0 Å². The molecule has 3 nitrogen and oxygen atoms in total. The van der Waals surface area contributed by atoms with Gasteiger partial charge in [0.25, 0.3) is 0 Å². The molecular formula is C9H21N3. The zero-order valence-electron chi connectivity index (χ0n) is 8.73.